The molecule has 1 heterocycles. The van der Waals surface area contributed by atoms with Gasteiger partial charge >= 0.3 is 0 Å². The van der Waals surface area contributed by atoms with Gasteiger partial charge in [-0.05, 0) is 24.4 Å². The highest BCUT2D eigenvalue weighted by molar-refractivity contribution is 5.82. The van der Waals surface area contributed by atoms with Crippen molar-refractivity contribution in [1.29, 1.82) is 0 Å². The van der Waals surface area contributed by atoms with Crippen molar-refractivity contribution in [2.45, 2.75) is 13.5 Å². The lowest BCUT2D eigenvalue weighted by atomic mass is 10.2. The number of pyridine rings is 1. The van der Waals surface area contributed by atoms with Crippen LogP contribution in [0.15, 0.2) is 36.7 Å². The van der Waals surface area contributed by atoms with E-state index in [1.54, 1.807) is 7.11 Å². The average molecular weight is 188 g/mol. The molecule has 0 aliphatic carbocycles. The molecule has 0 aliphatic heterocycles. The molecule has 0 spiro atoms. The van der Waals surface area contributed by atoms with Crippen molar-refractivity contribution in [3.63, 3.8) is 0 Å². The van der Waals surface area contributed by atoms with E-state index in [1.165, 1.54) is 10.8 Å². The first-order chi connectivity index (χ1) is 6.83. The molecule has 2 nitrogen and oxygen atoms in total. The van der Waals surface area contributed by atoms with Crippen molar-refractivity contribution in [2.75, 3.05) is 7.11 Å². The van der Waals surface area contributed by atoms with E-state index in [0.717, 1.165) is 12.3 Å². The van der Waals surface area contributed by atoms with Crippen molar-refractivity contribution >= 4 is 10.8 Å². The number of fused-ring (bicyclic) bond motifs is 1. The minimum absolute atomic E-state index is 0.909. The third-order valence-corrected chi connectivity index (χ3v) is 2.41. The molecular weight excluding hydrogens is 174 g/mol. The van der Waals surface area contributed by atoms with Gasteiger partial charge in [0.05, 0.1) is 7.11 Å². The van der Waals surface area contributed by atoms with Crippen LogP contribution in [0.25, 0.3) is 10.8 Å². The number of ether oxygens (including phenoxy) is 1. The highest BCUT2D eigenvalue weighted by atomic mass is 16.5. The zero-order chi connectivity index (χ0) is 9.97. The molecule has 0 atom stereocenters. The quantitative estimate of drug-likeness (QED) is 0.658. The van der Waals surface area contributed by atoms with E-state index in [-0.39, 0.29) is 0 Å². The van der Waals surface area contributed by atoms with Gasteiger partial charge in [0, 0.05) is 11.5 Å². The Hall–Kier alpha value is -1.57. The largest absolute Gasteiger partial charge is 0.497 e. The van der Waals surface area contributed by atoms with Crippen molar-refractivity contribution in [3.8, 4) is 5.75 Å². The van der Waals surface area contributed by atoms with Gasteiger partial charge in [0.1, 0.15) is 12.3 Å². The van der Waals surface area contributed by atoms with E-state index in [0.29, 0.717) is 0 Å². The predicted molar refractivity (Wildman–Crippen MR) is 56.4 cm³/mol. The summed E-state index contributed by atoms with van der Waals surface area (Å²) in [7, 11) is 1.69. The monoisotopic (exact) mass is 188 g/mol. The molecule has 2 aromatic rings. The van der Waals surface area contributed by atoms with E-state index < -0.39 is 0 Å². The van der Waals surface area contributed by atoms with Crippen LogP contribution in [-0.4, -0.2) is 7.11 Å². The standard InChI is InChI=1S/C12H14NO/c1-3-13-7-6-10-4-5-12(14-2)8-11(10)9-13/h4-9H,3H2,1-2H3/q+1. The Morgan fingerprint density at radius 1 is 1.21 bits per heavy atom. The van der Waals surface area contributed by atoms with Gasteiger partial charge in [-0.1, -0.05) is 6.07 Å². The Morgan fingerprint density at radius 2 is 2.07 bits per heavy atom. The number of hydrogen-bond acceptors (Lipinski definition) is 1. The van der Waals surface area contributed by atoms with Crippen LogP contribution in [0.4, 0.5) is 0 Å². The van der Waals surface area contributed by atoms with Crippen LogP contribution < -0.4 is 9.30 Å². The summed E-state index contributed by atoms with van der Waals surface area (Å²) in [5.74, 6) is 0.909. The summed E-state index contributed by atoms with van der Waals surface area (Å²) in [6.45, 7) is 3.12. The highest BCUT2D eigenvalue weighted by Gasteiger charge is 2.01. The third-order valence-electron chi connectivity index (χ3n) is 2.41. The van der Waals surface area contributed by atoms with Gasteiger partial charge in [-0.15, -0.1) is 0 Å². The zero-order valence-electron chi connectivity index (χ0n) is 8.53. The Labute approximate surface area is 83.8 Å². The Bertz CT molecular complexity index is 412. The maximum absolute atomic E-state index is 5.19. The molecule has 0 bridgehead atoms. The first kappa shape index (κ1) is 9.00. The Balaban J connectivity index is 2.60. The summed E-state index contributed by atoms with van der Waals surface area (Å²) in [6.07, 6.45) is 4.23. The van der Waals surface area contributed by atoms with E-state index >= 15 is 0 Å². The van der Waals surface area contributed by atoms with E-state index in [1.807, 2.05) is 6.07 Å². The normalized spacial score (nSPS) is 10.4. The first-order valence-electron chi connectivity index (χ1n) is 4.80. The van der Waals surface area contributed by atoms with Crippen LogP contribution in [0.5, 0.6) is 5.75 Å². The van der Waals surface area contributed by atoms with Gasteiger partial charge in [0.2, 0.25) is 0 Å². The number of rotatable bonds is 2. The maximum atomic E-state index is 5.19. The second-order valence-corrected chi connectivity index (χ2v) is 3.27. The molecule has 14 heavy (non-hydrogen) atoms. The van der Waals surface area contributed by atoms with Crippen LogP contribution in [0.2, 0.25) is 0 Å². The molecule has 1 aromatic carbocycles. The molecule has 0 radical (unpaired) electrons. The SMILES string of the molecule is CC[n+]1ccc2ccc(OC)cc2c1. The highest BCUT2D eigenvalue weighted by Crippen LogP contribution is 2.18. The number of hydrogen-bond donors (Lipinski definition) is 0. The van der Waals surface area contributed by atoms with Crippen LogP contribution >= 0.6 is 0 Å². The number of nitrogens with zero attached hydrogens (tertiary/aromatic N) is 1. The third kappa shape index (κ3) is 1.55. The number of aromatic nitrogens is 1. The molecule has 1 aromatic heterocycles. The lowest BCUT2D eigenvalue weighted by Gasteiger charge is -2.01. The van der Waals surface area contributed by atoms with Gasteiger partial charge in [0.25, 0.3) is 0 Å². The summed E-state index contributed by atoms with van der Waals surface area (Å²) >= 11 is 0. The van der Waals surface area contributed by atoms with Crippen LogP contribution in [-0.2, 0) is 6.54 Å². The Morgan fingerprint density at radius 3 is 2.79 bits per heavy atom. The van der Waals surface area contributed by atoms with Crippen molar-refractivity contribution < 1.29 is 9.30 Å². The lowest BCUT2D eigenvalue weighted by molar-refractivity contribution is -0.692. The van der Waals surface area contributed by atoms with E-state index in [2.05, 4.69) is 42.1 Å². The molecule has 0 saturated heterocycles. The van der Waals surface area contributed by atoms with Gasteiger partial charge in [0.15, 0.2) is 12.4 Å². The Kier molecular flexibility index (Phi) is 2.35. The number of aryl methyl sites for hydroxylation is 1. The molecule has 0 amide bonds. The van der Waals surface area contributed by atoms with Crippen molar-refractivity contribution in [3.05, 3.63) is 36.7 Å². The lowest BCUT2D eigenvalue weighted by Crippen LogP contribution is -2.30. The van der Waals surface area contributed by atoms with Gasteiger partial charge in [-0.25, -0.2) is 4.57 Å². The van der Waals surface area contributed by atoms with Gasteiger partial charge in [-0.2, -0.15) is 0 Å². The molecule has 0 unspecified atom stereocenters. The minimum atomic E-state index is 0.909. The fourth-order valence-electron chi connectivity index (χ4n) is 1.54. The first-order valence-corrected chi connectivity index (χ1v) is 4.80. The van der Waals surface area contributed by atoms with Gasteiger partial charge < -0.3 is 4.74 Å². The fraction of sp³-hybridized carbons (Fsp3) is 0.250. The average Bonchev–Trinajstić information content (AvgIpc) is 2.27. The summed E-state index contributed by atoms with van der Waals surface area (Å²) in [5, 5.41) is 2.46. The molecule has 2 heteroatoms. The van der Waals surface area contributed by atoms with Crippen molar-refractivity contribution in [1.82, 2.24) is 0 Å². The van der Waals surface area contributed by atoms with Crippen LogP contribution in [0.3, 0.4) is 0 Å². The van der Waals surface area contributed by atoms with Crippen LogP contribution in [0, 0.1) is 0 Å². The number of benzene rings is 1. The molecular formula is C12H14NO+. The van der Waals surface area contributed by atoms with Crippen LogP contribution in [0.1, 0.15) is 6.92 Å². The minimum Gasteiger partial charge on any atom is -0.497 e. The second-order valence-electron chi connectivity index (χ2n) is 3.27. The second kappa shape index (κ2) is 3.66. The van der Waals surface area contributed by atoms with Gasteiger partial charge in [-0.3, -0.25) is 0 Å². The summed E-state index contributed by atoms with van der Waals surface area (Å²) in [4.78, 5) is 0. The molecule has 0 aliphatic rings. The van der Waals surface area contributed by atoms with Crippen molar-refractivity contribution in [2.24, 2.45) is 0 Å². The van der Waals surface area contributed by atoms with E-state index in [9.17, 15) is 0 Å². The smallest absolute Gasteiger partial charge is 0.176 e. The fourth-order valence-corrected chi connectivity index (χ4v) is 1.54. The summed E-state index contributed by atoms with van der Waals surface area (Å²) in [6, 6.07) is 8.24. The maximum Gasteiger partial charge on any atom is 0.176 e. The molecule has 0 fully saturated rings. The zero-order valence-corrected chi connectivity index (χ0v) is 8.53. The molecule has 0 saturated carbocycles. The van der Waals surface area contributed by atoms with E-state index in [4.69, 9.17) is 4.74 Å². The summed E-state index contributed by atoms with van der Waals surface area (Å²) in [5.41, 5.74) is 0. The predicted octanol–water partition coefficient (Wildman–Crippen LogP) is 2.16. The molecule has 72 valence electrons. The summed E-state index contributed by atoms with van der Waals surface area (Å²) < 4.78 is 7.34. The molecule has 2 rings (SSSR count). The topological polar surface area (TPSA) is 13.1 Å². The number of methoxy groups -OCH3 is 1. The molecule has 0 N–H and O–H groups in total.